The number of carbonyl (C=O) groups is 1. The topological polar surface area (TPSA) is 77.7 Å². The van der Waals surface area contributed by atoms with Crippen molar-refractivity contribution in [3.63, 3.8) is 0 Å². The number of hydrogen-bond acceptors (Lipinski definition) is 3. The summed E-state index contributed by atoms with van der Waals surface area (Å²) in [7, 11) is 0. The number of likely N-dealkylation sites (tertiary alicyclic amines) is 1. The highest BCUT2D eigenvalue weighted by Crippen LogP contribution is 2.29. The molecule has 0 radical (unpaired) electrons. The molecule has 1 unspecified atom stereocenters. The zero-order valence-corrected chi connectivity index (χ0v) is 14.1. The predicted molar refractivity (Wildman–Crippen MR) is 92.3 cm³/mol. The fourth-order valence-electron chi connectivity index (χ4n) is 3.53. The van der Waals surface area contributed by atoms with Crippen LogP contribution in [-0.2, 0) is 0 Å². The summed E-state index contributed by atoms with van der Waals surface area (Å²) < 4.78 is 0. The molecule has 0 saturated carbocycles. The Morgan fingerprint density at radius 3 is 3.08 bits per heavy atom. The molecule has 1 saturated heterocycles. The summed E-state index contributed by atoms with van der Waals surface area (Å²) in [5, 5.41) is 8.36. The van der Waals surface area contributed by atoms with Gasteiger partial charge in [0.1, 0.15) is 12.2 Å². The van der Waals surface area contributed by atoms with Crippen LogP contribution in [0.25, 0.3) is 10.9 Å². The molecule has 7 heteroatoms. The summed E-state index contributed by atoms with van der Waals surface area (Å²) in [5.41, 5.74) is 2.52. The van der Waals surface area contributed by atoms with Gasteiger partial charge in [0, 0.05) is 40.6 Å². The van der Waals surface area contributed by atoms with E-state index in [4.69, 9.17) is 11.6 Å². The molecule has 124 valence electrons. The number of carbonyl (C=O) groups excluding carboxylic acids is 1. The van der Waals surface area contributed by atoms with Crippen molar-refractivity contribution in [2.24, 2.45) is 0 Å². The van der Waals surface area contributed by atoms with Crippen LogP contribution >= 0.6 is 11.6 Å². The molecule has 3 heterocycles. The van der Waals surface area contributed by atoms with Gasteiger partial charge in [0.05, 0.1) is 5.56 Å². The molecule has 1 atom stereocenters. The second-order valence-corrected chi connectivity index (χ2v) is 6.71. The Kier molecular flexibility index (Phi) is 3.76. The lowest BCUT2D eigenvalue weighted by atomic mass is 9.96. The van der Waals surface area contributed by atoms with E-state index in [1.807, 2.05) is 30.0 Å². The highest BCUT2D eigenvalue weighted by molar-refractivity contribution is 6.31. The molecule has 1 amide bonds. The number of benzene rings is 1. The third-order valence-electron chi connectivity index (χ3n) is 4.69. The summed E-state index contributed by atoms with van der Waals surface area (Å²) in [6.45, 7) is 3.34. The number of aryl methyl sites for hydroxylation is 1. The SMILES string of the molecule is Cc1[nH]c2ccc(Cl)cc2c1C(=O)N1CCCC(c2ncn[nH]2)C1. The number of fused-ring (bicyclic) bond motifs is 1. The van der Waals surface area contributed by atoms with Gasteiger partial charge in [0.2, 0.25) is 0 Å². The molecule has 6 nitrogen and oxygen atoms in total. The second kappa shape index (κ2) is 5.94. The normalized spacial score (nSPS) is 18.2. The minimum atomic E-state index is 0.0465. The summed E-state index contributed by atoms with van der Waals surface area (Å²) in [5.74, 6) is 1.11. The van der Waals surface area contributed by atoms with Crippen LogP contribution in [0.2, 0.25) is 5.02 Å². The first kappa shape index (κ1) is 15.2. The van der Waals surface area contributed by atoms with Crippen molar-refractivity contribution in [2.75, 3.05) is 13.1 Å². The van der Waals surface area contributed by atoms with Crippen molar-refractivity contribution in [3.8, 4) is 0 Å². The van der Waals surface area contributed by atoms with E-state index in [1.165, 1.54) is 6.33 Å². The standard InChI is InChI=1S/C17H18ClN5O/c1-10-15(13-7-12(18)4-5-14(13)21-10)17(24)23-6-2-3-11(8-23)16-19-9-20-22-16/h4-5,7,9,11,21H,2-3,6,8H2,1H3,(H,19,20,22). The first-order valence-corrected chi connectivity index (χ1v) is 8.43. The molecular formula is C17H18ClN5O. The van der Waals surface area contributed by atoms with E-state index in [-0.39, 0.29) is 11.8 Å². The zero-order valence-electron chi connectivity index (χ0n) is 13.3. The van der Waals surface area contributed by atoms with E-state index in [2.05, 4.69) is 20.2 Å². The van der Waals surface area contributed by atoms with Gasteiger partial charge in [0.15, 0.2) is 0 Å². The molecule has 0 bridgehead atoms. The second-order valence-electron chi connectivity index (χ2n) is 6.28. The number of piperidine rings is 1. The lowest BCUT2D eigenvalue weighted by Crippen LogP contribution is -2.39. The van der Waals surface area contributed by atoms with Crippen molar-refractivity contribution in [1.82, 2.24) is 25.1 Å². The van der Waals surface area contributed by atoms with Crippen LogP contribution in [0.3, 0.4) is 0 Å². The van der Waals surface area contributed by atoms with Gasteiger partial charge in [-0.3, -0.25) is 9.89 Å². The number of rotatable bonds is 2. The third kappa shape index (κ3) is 2.57. The number of nitrogens with zero attached hydrogens (tertiary/aromatic N) is 3. The maximum Gasteiger partial charge on any atom is 0.256 e. The van der Waals surface area contributed by atoms with Gasteiger partial charge >= 0.3 is 0 Å². The highest BCUT2D eigenvalue weighted by Gasteiger charge is 2.29. The van der Waals surface area contributed by atoms with Gasteiger partial charge in [-0.05, 0) is 38.0 Å². The Bertz CT molecular complexity index is 886. The number of H-pyrrole nitrogens is 2. The maximum atomic E-state index is 13.1. The van der Waals surface area contributed by atoms with Gasteiger partial charge in [-0.1, -0.05) is 11.6 Å². The minimum Gasteiger partial charge on any atom is -0.358 e. The van der Waals surface area contributed by atoms with Crippen LogP contribution in [-0.4, -0.2) is 44.1 Å². The Labute approximate surface area is 144 Å². The number of amides is 1. The number of aromatic amines is 2. The fraction of sp³-hybridized carbons (Fsp3) is 0.353. The molecule has 1 aliphatic heterocycles. The molecule has 4 rings (SSSR count). The molecule has 2 aromatic heterocycles. The Hall–Kier alpha value is -2.34. The average Bonchev–Trinajstić information content (AvgIpc) is 3.21. The molecule has 1 aromatic carbocycles. The number of aromatic nitrogens is 4. The first-order valence-electron chi connectivity index (χ1n) is 8.06. The third-order valence-corrected chi connectivity index (χ3v) is 4.93. The van der Waals surface area contributed by atoms with Gasteiger partial charge in [-0.25, -0.2) is 4.98 Å². The van der Waals surface area contributed by atoms with E-state index in [0.717, 1.165) is 41.8 Å². The quantitative estimate of drug-likeness (QED) is 0.749. The monoisotopic (exact) mass is 343 g/mol. The number of nitrogens with one attached hydrogen (secondary N) is 2. The molecule has 2 N–H and O–H groups in total. The van der Waals surface area contributed by atoms with Crippen molar-refractivity contribution in [2.45, 2.75) is 25.7 Å². The van der Waals surface area contributed by atoms with Crippen LogP contribution in [0.1, 0.15) is 40.6 Å². The van der Waals surface area contributed by atoms with E-state index >= 15 is 0 Å². The minimum absolute atomic E-state index is 0.0465. The Balaban J connectivity index is 1.66. The summed E-state index contributed by atoms with van der Waals surface area (Å²) in [6, 6.07) is 5.59. The molecule has 0 spiro atoms. The number of hydrogen-bond donors (Lipinski definition) is 2. The van der Waals surface area contributed by atoms with Crippen molar-refractivity contribution >= 4 is 28.4 Å². The van der Waals surface area contributed by atoms with Crippen LogP contribution in [0.4, 0.5) is 0 Å². The van der Waals surface area contributed by atoms with E-state index < -0.39 is 0 Å². The molecule has 1 fully saturated rings. The predicted octanol–water partition coefficient (Wildman–Crippen LogP) is 3.27. The average molecular weight is 344 g/mol. The van der Waals surface area contributed by atoms with Crippen molar-refractivity contribution in [3.05, 3.63) is 46.6 Å². The highest BCUT2D eigenvalue weighted by atomic mass is 35.5. The van der Waals surface area contributed by atoms with Gasteiger partial charge in [0.25, 0.3) is 5.91 Å². The lowest BCUT2D eigenvalue weighted by molar-refractivity contribution is 0.0706. The smallest absolute Gasteiger partial charge is 0.256 e. The summed E-state index contributed by atoms with van der Waals surface area (Å²) in [4.78, 5) is 22.6. The maximum absolute atomic E-state index is 13.1. The lowest BCUT2D eigenvalue weighted by Gasteiger charge is -2.31. The Morgan fingerprint density at radius 2 is 2.29 bits per heavy atom. The van der Waals surface area contributed by atoms with E-state index in [9.17, 15) is 4.79 Å². The first-order chi connectivity index (χ1) is 11.6. The van der Waals surface area contributed by atoms with Crippen LogP contribution < -0.4 is 0 Å². The molecule has 24 heavy (non-hydrogen) atoms. The largest absolute Gasteiger partial charge is 0.358 e. The van der Waals surface area contributed by atoms with Crippen LogP contribution in [0.15, 0.2) is 24.5 Å². The van der Waals surface area contributed by atoms with Gasteiger partial charge in [-0.15, -0.1) is 0 Å². The molecule has 1 aliphatic rings. The van der Waals surface area contributed by atoms with E-state index in [1.54, 1.807) is 0 Å². The van der Waals surface area contributed by atoms with Crippen molar-refractivity contribution in [1.29, 1.82) is 0 Å². The van der Waals surface area contributed by atoms with Crippen molar-refractivity contribution < 1.29 is 4.79 Å². The van der Waals surface area contributed by atoms with Crippen LogP contribution in [0.5, 0.6) is 0 Å². The van der Waals surface area contributed by atoms with Crippen LogP contribution in [0, 0.1) is 6.92 Å². The summed E-state index contributed by atoms with van der Waals surface area (Å²) in [6.07, 6.45) is 3.48. The summed E-state index contributed by atoms with van der Waals surface area (Å²) >= 11 is 6.12. The number of halogens is 1. The molecule has 3 aromatic rings. The van der Waals surface area contributed by atoms with Gasteiger partial charge in [-0.2, -0.15) is 5.10 Å². The van der Waals surface area contributed by atoms with Gasteiger partial charge < -0.3 is 9.88 Å². The zero-order chi connectivity index (χ0) is 16.7. The van der Waals surface area contributed by atoms with E-state index in [0.29, 0.717) is 17.1 Å². The molecule has 0 aliphatic carbocycles. The Morgan fingerprint density at radius 1 is 1.42 bits per heavy atom. The fourth-order valence-corrected chi connectivity index (χ4v) is 3.70. The molecular weight excluding hydrogens is 326 g/mol.